The minimum absolute atomic E-state index is 0.582. The summed E-state index contributed by atoms with van der Waals surface area (Å²) in [6.07, 6.45) is 8.79. The number of benzene rings is 8. The summed E-state index contributed by atoms with van der Waals surface area (Å²) in [4.78, 5) is 2.40. The molecule has 10 aromatic rings. The Labute approximate surface area is 368 Å². The van der Waals surface area contributed by atoms with Gasteiger partial charge in [-0.15, -0.1) is 0 Å². The first-order chi connectivity index (χ1) is 31.2. The van der Waals surface area contributed by atoms with Gasteiger partial charge in [0.2, 0.25) is 0 Å². The highest BCUT2D eigenvalue weighted by Crippen LogP contribution is 2.59. The van der Waals surface area contributed by atoms with E-state index < -0.39 is 5.41 Å². The fraction of sp³-hybridized carbons (Fsp3) is 0.0492. The molecular weight excluding hydrogens is 763 g/mol. The van der Waals surface area contributed by atoms with Gasteiger partial charge in [-0.2, -0.15) is 0 Å². The lowest BCUT2D eigenvalue weighted by Crippen LogP contribution is -2.28. The van der Waals surface area contributed by atoms with Gasteiger partial charge in [0.25, 0.3) is 0 Å². The number of anilines is 3. The molecule has 0 amide bonds. The van der Waals surface area contributed by atoms with Gasteiger partial charge in [-0.3, -0.25) is 0 Å². The highest BCUT2D eigenvalue weighted by atomic mass is 16.3. The third-order valence-corrected chi connectivity index (χ3v) is 13.1. The second kappa shape index (κ2) is 15.1. The molecule has 2 nitrogen and oxygen atoms in total. The first kappa shape index (κ1) is 36.7. The van der Waals surface area contributed by atoms with Crippen LogP contribution in [0.2, 0.25) is 0 Å². The van der Waals surface area contributed by atoms with Gasteiger partial charge in [-0.05, 0) is 129 Å². The highest BCUT2D eigenvalue weighted by molar-refractivity contribution is 6.12. The molecule has 1 aromatic heterocycles. The Morgan fingerprint density at radius 2 is 1.05 bits per heavy atom. The molecule has 0 fully saturated rings. The average molecular weight is 804 g/mol. The third kappa shape index (κ3) is 6.05. The maximum absolute atomic E-state index is 6.83. The van der Waals surface area contributed by atoms with Crippen molar-refractivity contribution in [2.45, 2.75) is 18.3 Å². The molecule has 0 N–H and O–H groups in total. The van der Waals surface area contributed by atoms with Gasteiger partial charge in [0.15, 0.2) is 5.58 Å². The van der Waals surface area contributed by atoms with E-state index in [0.717, 1.165) is 63.0 Å². The van der Waals surface area contributed by atoms with Crippen LogP contribution in [-0.2, 0) is 5.41 Å². The van der Waals surface area contributed by atoms with E-state index in [2.05, 4.69) is 235 Å². The van der Waals surface area contributed by atoms with E-state index >= 15 is 0 Å². The lowest BCUT2D eigenvalue weighted by atomic mass is 9.67. The van der Waals surface area contributed by atoms with Gasteiger partial charge < -0.3 is 9.32 Å². The predicted octanol–water partition coefficient (Wildman–Crippen LogP) is 16.1. The third-order valence-electron chi connectivity index (χ3n) is 13.1. The summed E-state index contributed by atoms with van der Waals surface area (Å²) < 4.78 is 6.83. The molecule has 0 atom stereocenters. The Hall–Kier alpha value is -8.12. The summed E-state index contributed by atoms with van der Waals surface area (Å²) in [7, 11) is 0. The van der Waals surface area contributed by atoms with Crippen LogP contribution in [0.3, 0.4) is 0 Å². The van der Waals surface area contributed by atoms with Gasteiger partial charge in [-0.1, -0.05) is 182 Å². The topological polar surface area (TPSA) is 16.4 Å². The van der Waals surface area contributed by atoms with E-state index in [9.17, 15) is 0 Å². The van der Waals surface area contributed by atoms with Gasteiger partial charge in [0, 0.05) is 33.4 Å². The van der Waals surface area contributed by atoms with Gasteiger partial charge >= 0.3 is 0 Å². The molecule has 0 saturated carbocycles. The molecule has 0 aliphatic heterocycles. The van der Waals surface area contributed by atoms with E-state index in [1.54, 1.807) is 0 Å². The van der Waals surface area contributed by atoms with E-state index in [1.165, 1.54) is 55.6 Å². The fourth-order valence-corrected chi connectivity index (χ4v) is 10.2. The molecule has 12 rings (SSSR count). The number of hydrogen-bond donors (Lipinski definition) is 0. The summed E-state index contributed by atoms with van der Waals surface area (Å²) in [5.41, 5.74) is 18.8. The van der Waals surface area contributed by atoms with E-state index in [0.29, 0.717) is 0 Å². The lowest BCUT2D eigenvalue weighted by molar-refractivity contribution is 0.669. The summed E-state index contributed by atoms with van der Waals surface area (Å²) in [5, 5.41) is 2.12. The Bertz CT molecular complexity index is 3300. The van der Waals surface area contributed by atoms with Crippen LogP contribution < -0.4 is 4.90 Å². The first-order valence-electron chi connectivity index (χ1n) is 21.8. The summed E-state index contributed by atoms with van der Waals surface area (Å²) in [6.45, 7) is 0. The maximum Gasteiger partial charge on any atom is 0.185 e. The monoisotopic (exact) mass is 803 g/mol. The van der Waals surface area contributed by atoms with Crippen molar-refractivity contribution < 1.29 is 4.42 Å². The second-order valence-corrected chi connectivity index (χ2v) is 16.6. The summed E-state index contributed by atoms with van der Waals surface area (Å²) in [5.74, 6) is 0. The molecule has 2 aliphatic rings. The quantitative estimate of drug-likeness (QED) is 0.152. The van der Waals surface area contributed by atoms with Crippen LogP contribution in [0.1, 0.15) is 40.7 Å². The minimum Gasteiger partial charge on any atom is -0.446 e. The number of nitrogens with zero attached hydrogens (tertiary/aromatic N) is 1. The van der Waals surface area contributed by atoms with Crippen LogP contribution in [0.5, 0.6) is 0 Å². The normalized spacial score (nSPS) is 13.6. The van der Waals surface area contributed by atoms with Crippen molar-refractivity contribution in [2.24, 2.45) is 0 Å². The zero-order valence-corrected chi connectivity index (χ0v) is 34.6. The predicted molar refractivity (Wildman–Crippen MR) is 261 cm³/mol. The number of rotatable bonds is 8. The van der Waals surface area contributed by atoms with Crippen molar-refractivity contribution in [3.8, 4) is 33.4 Å². The van der Waals surface area contributed by atoms with Crippen molar-refractivity contribution >= 4 is 44.6 Å². The van der Waals surface area contributed by atoms with Gasteiger partial charge in [-0.25, -0.2) is 0 Å². The molecule has 0 bridgehead atoms. The Morgan fingerprint density at radius 1 is 0.492 bits per heavy atom. The van der Waals surface area contributed by atoms with E-state index in [4.69, 9.17) is 4.42 Å². The SMILES string of the molecule is c1ccc2c(c#1)oc1c3c(ccc12)C(c1ccccc1)(c1ccccc1)c1ccc(N(c2ccc(C4=CC=CCC4)cc2)c2ccc(-c4ccc(-c5ccccc5)cc4)cc2)cc1-3. The Morgan fingerprint density at radius 3 is 1.67 bits per heavy atom. The Kier molecular flexibility index (Phi) is 8.80. The van der Waals surface area contributed by atoms with Crippen LogP contribution in [0.4, 0.5) is 17.1 Å². The minimum atomic E-state index is -0.582. The van der Waals surface area contributed by atoms with Crippen LogP contribution >= 0.6 is 0 Å². The first-order valence-corrected chi connectivity index (χ1v) is 21.8. The zero-order valence-electron chi connectivity index (χ0n) is 34.6. The summed E-state index contributed by atoms with van der Waals surface area (Å²) in [6, 6.07) is 81.5. The molecule has 2 aliphatic carbocycles. The Balaban J connectivity index is 1.05. The van der Waals surface area contributed by atoms with Crippen LogP contribution in [0, 0.1) is 12.1 Å². The molecule has 9 aromatic carbocycles. The second-order valence-electron chi connectivity index (χ2n) is 16.6. The average Bonchev–Trinajstić information content (AvgIpc) is 3.89. The molecular formula is C61H41NO. The summed E-state index contributed by atoms with van der Waals surface area (Å²) >= 11 is 0. The number of fused-ring (bicyclic) bond motifs is 7. The van der Waals surface area contributed by atoms with Crippen LogP contribution in [0.25, 0.3) is 60.9 Å². The van der Waals surface area contributed by atoms with Gasteiger partial charge in [0.05, 0.1) is 5.41 Å². The number of allylic oxidation sites excluding steroid dienone is 4. The molecule has 2 heteroatoms. The van der Waals surface area contributed by atoms with Crippen molar-refractivity contribution in [1.82, 2.24) is 0 Å². The van der Waals surface area contributed by atoms with Crippen molar-refractivity contribution in [3.63, 3.8) is 0 Å². The smallest absolute Gasteiger partial charge is 0.185 e. The lowest BCUT2D eigenvalue weighted by Gasteiger charge is -2.34. The molecule has 0 unspecified atom stereocenters. The van der Waals surface area contributed by atoms with Crippen molar-refractivity contribution in [2.75, 3.05) is 4.90 Å². The van der Waals surface area contributed by atoms with E-state index in [1.807, 2.05) is 6.07 Å². The van der Waals surface area contributed by atoms with Crippen molar-refractivity contribution in [3.05, 3.63) is 264 Å². The molecule has 0 radical (unpaired) electrons. The van der Waals surface area contributed by atoms with E-state index in [-0.39, 0.29) is 0 Å². The fourth-order valence-electron chi connectivity index (χ4n) is 10.2. The van der Waals surface area contributed by atoms with Crippen LogP contribution in [-0.4, -0.2) is 0 Å². The highest BCUT2D eigenvalue weighted by Gasteiger charge is 2.47. The number of hydrogen-bond acceptors (Lipinski definition) is 2. The zero-order chi connectivity index (χ0) is 41.7. The molecule has 1 heterocycles. The van der Waals surface area contributed by atoms with Gasteiger partial charge in [0.1, 0.15) is 5.58 Å². The maximum atomic E-state index is 6.83. The largest absolute Gasteiger partial charge is 0.446 e. The molecule has 0 saturated heterocycles. The van der Waals surface area contributed by atoms with Crippen LogP contribution in [0.15, 0.2) is 229 Å². The van der Waals surface area contributed by atoms with Crippen molar-refractivity contribution in [1.29, 1.82) is 0 Å². The molecule has 0 spiro atoms. The molecule has 296 valence electrons. The number of furan rings is 1. The molecule has 63 heavy (non-hydrogen) atoms. The standard InChI is InChI=1S/C61H41NO/c1-5-15-42(16-6-1)44-25-27-45(28-26-44)47-31-35-51(36-32-47)62(50-33-29-46(30-34-50)43-17-7-2-8-18-43)52-37-39-56-55(41-52)59-57(40-38-54-53-23-13-14-24-58(53)63-60(54)59)61(56,48-19-9-3-10-20-48)49-21-11-4-12-22-49/h1-7,9-13,15-17,19-23,25-41H,8,18H2.